The van der Waals surface area contributed by atoms with E-state index in [0.717, 1.165) is 6.07 Å². The third-order valence-corrected chi connectivity index (χ3v) is 2.23. The van der Waals surface area contributed by atoms with Crippen molar-refractivity contribution in [1.29, 1.82) is 0 Å². The van der Waals surface area contributed by atoms with Gasteiger partial charge in [-0.3, -0.25) is 0 Å². The van der Waals surface area contributed by atoms with Crippen LogP contribution >= 0.6 is 0 Å². The number of halogens is 4. The first-order valence-corrected chi connectivity index (χ1v) is 4.94. The number of aliphatic hydroxyl groups excluding tert-OH is 1. The number of rotatable bonds is 4. The lowest BCUT2D eigenvalue weighted by Crippen LogP contribution is -2.35. The molecule has 0 aliphatic rings. The summed E-state index contributed by atoms with van der Waals surface area (Å²) < 4.78 is 49.4. The number of hydrogen-bond acceptors (Lipinski definition) is 4. The van der Waals surface area contributed by atoms with E-state index in [1.165, 1.54) is 0 Å². The zero-order chi connectivity index (χ0) is 14.8. The lowest BCUT2D eigenvalue weighted by molar-refractivity contribution is -0.198. The Hall–Kier alpha value is -2.03. The van der Waals surface area contributed by atoms with Crippen molar-refractivity contribution in [3.63, 3.8) is 0 Å². The Morgan fingerprint density at radius 3 is 2.47 bits per heavy atom. The van der Waals surface area contributed by atoms with Crippen LogP contribution in [0.2, 0.25) is 0 Å². The van der Waals surface area contributed by atoms with E-state index in [1.54, 1.807) is 0 Å². The van der Waals surface area contributed by atoms with Gasteiger partial charge < -0.3 is 21.3 Å². The summed E-state index contributed by atoms with van der Waals surface area (Å²) in [7, 11) is 0. The molecule has 0 aromatic heterocycles. The third kappa shape index (κ3) is 3.71. The van der Waals surface area contributed by atoms with Crippen molar-refractivity contribution < 1.29 is 32.6 Å². The molecule has 0 heterocycles. The molecule has 1 aromatic rings. The molecule has 0 amide bonds. The normalized spacial score (nSPS) is 13.1. The second kappa shape index (κ2) is 5.31. The van der Waals surface area contributed by atoms with Gasteiger partial charge in [0, 0.05) is 6.54 Å². The number of carboxylic acids is 1. The van der Waals surface area contributed by atoms with Crippen molar-refractivity contribution >= 4 is 17.3 Å². The van der Waals surface area contributed by atoms with E-state index in [9.17, 15) is 22.4 Å². The number of hydrogen-bond donors (Lipinski definition) is 4. The Labute approximate surface area is 104 Å². The van der Waals surface area contributed by atoms with Gasteiger partial charge in [0.2, 0.25) is 0 Å². The highest BCUT2D eigenvalue weighted by Gasteiger charge is 2.37. The minimum atomic E-state index is -4.82. The Bertz CT molecular complexity index is 490. The van der Waals surface area contributed by atoms with Gasteiger partial charge in [-0.05, 0) is 12.1 Å². The van der Waals surface area contributed by atoms with Gasteiger partial charge in [0.25, 0.3) is 0 Å². The molecule has 0 fully saturated rings. The highest BCUT2D eigenvalue weighted by molar-refractivity contribution is 5.90. The fourth-order valence-electron chi connectivity index (χ4n) is 1.23. The monoisotopic (exact) mass is 282 g/mol. The number of anilines is 2. The van der Waals surface area contributed by atoms with Crippen molar-refractivity contribution in [2.75, 3.05) is 17.6 Å². The number of aromatic carboxylic acids is 1. The van der Waals surface area contributed by atoms with Gasteiger partial charge in [-0.2, -0.15) is 13.2 Å². The first-order chi connectivity index (χ1) is 8.62. The van der Waals surface area contributed by atoms with Gasteiger partial charge in [0.15, 0.2) is 6.10 Å². The van der Waals surface area contributed by atoms with Crippen molar-refractivity contribution in [3.8, 4) is 0 Å². The third-order valence-electron chi connectivity index (χ3n) is 2.23. The number of nitrogens with two attached hydrogens (primary N) is 1. The molecule has 1 unspecified atom stereocenters. The van der Waals surface area contributed by atoms with Crippen molar-refractivity contribution in [1.82, 2.24) is 0 Å². The first-order valence-electron chi connectivity index (χ1n) is 4.94. The number of carboxylic acid groups (broad SMARTS) is 1. The molecule has 0 saturated heterocycles. The molecule has 5 N–H and O–H groups in total. The minimum absolute atomic E-state index is 0.231. The summed E-state index contributed by atoms with van der Waals surface area (Å²) in [6.07, 6.45) is -7.46. The van der Waals surface area contributed by atoms with E-state index in [2.05, 4.69) is 5.32 Å². The Morgan fingerprint density at radius 1 is 1.42 bits per heavy atom. The van der Waals surface area contributed by atoms with Crippen LogP contribution in [0.1, 0.15) is 10.4 Å². The molecule has 9 heteroatoms. The number of nitrogens with one attached hydrogen (secondary N) is 1. The predicted molar refractivity (Wildman–Crippen MR) is 58.3 cm³/mol. The molecule has 19 heavy (non-hydrogen) atoms. The smallest absolute Gasteiger partial charge is 0.416 e. The van der Waals surface area contributed by atoms with E-state index in [-0.39, 0.29) is 11.4 Å². The highest BCUT2D eigenvalue weighted by atomic mass is 19.4. The van der Waals surface area contributed by atoms with Crippen LogP contribution in [-0.4, -0.2) is 35.0 Å². The zero-order valence-electron chi connectivity index (χ0n) is 9.33. The molecule has 0 aliphatic heterocycles. The van der Waals surface area contributed by atoms with Crippen LogP contribution in [0.15, 0.2) is 12.1 Å². The van der Waals surface area contributed by atoms with Crippen LogP contribution in [0.4, 0.5) is 28.9 Å². The molecule has 0 radical (unpaired) electrons. The summed E-state index contributed by atoms with van der Waals surface area (Å²) in [6.45, 7) is -0.931. The van der Waals surface area contributed by atoms with Crippen molar-refractivity contribution in [2.24, 2.45) is 0 Å². The van der Waals surface area contributed by atoms with E-state index >= 15 is 0 Å². The maximum absolute atomic E-state index is 13.3. The molecule has 0 bridgehead atoms. The van der Waals surface area contributed by atoms with Crippen LogP contribution < -0.4 is 11.1 Å². The van der Waals surface area contributed by atoms with Crippen molar-refractivity contribution in [3.05, 3.63) is 23.5 Å². The number of nitrogen functional groups attached to an aromatic ring is 1. The highest BCUT2D eigenvalue weighted by Crippen LogP contribution is 2.25. The molecular weight excluding hydrogens is 272 g/mol. The first kappa shape index (κ1) is 15.0. The molecule has 106 valence electrons. The van der Waals surface area contributed by atoms with Crippen molar-refractivity contribution in [2.45, 2.75) is 12.3 Å². The maximum Gasteiger partial charge on any atom is 0.416 e. The standard InChI is InChI=1S/C10H10F4N2O3/c11-5-2-7(6(15)1-4(5)9(18)19)16-3-8(17)10(12,13)14/h1-2,8,16-17H,3,15H2,(H,18,19). The second-order valence-electron chi connectivity index (χ2n) is 3.66. The molecule has 1 rings (SSSR count). The van der Waals surface area contributed by atoms with Gasteiger partial charge in [-0.1, -0.05) is 0 Å². The summed E-state index contributed by atoms with van der Waals surface area (Å²) in [5, 5.41) is 19.4. The molecule has 0 saturated carbocycles. The molecule has 1 atom stereocenters. The van der Waals surface area contributed by atoms with Crippen LogP contribution in [-0.2, 0) is 0 Å². The van der Waals surface area contributed by atoms with Gasteiger partial charge in [-0.25, -0.2) is 9.18 Å². The van der Waals surface area contributed by atoms with Crippen LogP contribution in [0.3, 0.4) is 0 Å². The summed E-state index contributed by atoms with van der Waals surface area (Å²) >= 11 is 0. The summed E-state index contributed by atoms with van der Waals surface area (Å²) in [4.78, 5) is 10.6. The number of benzene rings is 1. The summed E-state index contributed by atoms with van der Waals surface area (Å²) in [6, 6.07) is 1.43. The number of aliphatic hydroxyl groups is 1. The lowest BCUT2D eigenvalue weighted by atomic mass is 10.1. The second-order valence-corrected chi connectivity index (χ2v) is 3.66. The van der Waals surface area contributed by atoms with Gasteiger partial charge in [-0.15, -0.1) is 0 Å². The van der Waals surface area contributed by atoms with Gasteiger partial charge in [0.05, 0.1) is 16.9 Å². The van der Waals surface area contributed by atoms with Gasteiger partial charge in [0.1, 0.15) is 5.82 Å². The number of alkyl halides is 3. The Balaban J connectivity index is 2.86. The average molecular weight is 282 g/mol. The number of carbonyl (C=O) groups is 1. The molecular formula is C10H10F4N2O3. The average Bonchev–Trinajstić information content (AvgIpc) is 2.27. The maximum atomic E-state index is 13.3. The van der Waals surface area contributed by atoms with E-state index < -0.39 is 36.2 Å². The van der Waals surface area contributed by atoms with E-state index in [1.807, 2.05) is 0 Å². The van der Waals surface area contributed by atoms with Crippen LogP contribution in [0.25, 0.3) is 0 Å². The quantitative estimate of drug-likeness (QED) is 0.495. The van der Waals surface area contributed by atoms with Crippen LogP contribution in [0, 0.1) is 5.82 Å². The van der Waals surface area contributed by atoms with Crippen LogP contribution in [0.5, 0.6) is 0 Å². The molecule has 0 aliphatic carbocycles. The minimum Gasteiger partial charge on any atom is -0.478 e. The molecule has 0 spiro atoms. The van der Waals surface area contributed by atoms with E-state index in [0.29, 0.717) is 6.07 Å². The topological polar surface area (TPSA) is 95.6 Å². The predicted octanol–water partition coefficient (Wildman–Crippen LogP) is 1.44. The Kier molecular flexibility index (Phi) is 4.20. The molecule has 1 aromatic carbocycles. The Morgan fingerprint density at radius 2 is 2.00 bits per heavy atom. The van der Waals surface area contributed by atoms with Gasteiger partial charge >= 0.3 is 12.1 Å². The fraction of sp³-hybridized carbons (Fsp3) is 0.300. The van der Waals surface area contributed by atoms with E-state index in [4.69, 9.17) is 15.9 Å². The molecule has 5 nitrogen and oxygen atoms in total. The summed E-state index contributed by atoms with van der Waals surface area (Å²) in [5.74, 6) is -2.70. The lowest BCUT2D eigenvalue weighted by Gasteiger charge is -2.17. The SMILES string of the molecule is Nc1cc(C(=O)O)c(F)cc1NCC(O)C(F)(F)F. The zero-order valence-corrected chi connectivity index (χ0v) is 9.33. The largest absolute Gasteiger partial charge is 0.478 e. The summed E-state index contributed by atoms with van der Waals surface area (Å²) in [5.41, 5.74) is 4.20. The fourth-order valence-corrected chi connectivity index (χ4v) is 1.23.